The van der Waals surface area contributed by atoms with Crippen LogP contribution < -0.4 is 44.6 Å². The van der Waals surface area contributed by atoms with Gasteiger partial charge in [0.2, 0.25) is 0 Å². The summed E-state index contributed by atoms with van der Waals surface area (Å²) in [5.74, 6) is -0.983. The van der Waals surface area contributed by atoms with E-state index >= 15 is 0 Å². The van der Waals surface area contributed by atoms with Crippen LogP contribution in [0.25, 0.3) is 0 Å². The number of hydrogen-bond donors (Lipinski definition) is 2. The first-order valence-electron chi connectivity index (χ1n) is 5.41. The van der Waals surface area contributed by atoms with Crippen molar-refractivity contribution >= 4 is 17.8 Å². The Morgan fingerprint density at radius 1 is 1.11 bits per heavy atom. The molecule has 1 fully saturated rings. The van der Waals surface area contributed by atoms with E-state index in [4.69, 9.17) is 0 Å². The second kappa shape index (κ2) is 6.93. The Morgan fingerprint density at radius 2 is 1.68 bits per heavy atom. The highest BCUT2D eigenvalue weighted by Crippen LogP contribution is 2.28. The number of urea groups is 1. The molecule has 1 heterocycles. The third-order valence-electron chi connectivity index (χ3n) is 3.10. The fourth-order valence-electron chi connectivity index (χ4n) is 2.14. The lowest BCUT2D eigenvalue weighted by Crippen LogP contribution is -3.01. The average molecular weight is 393 g/mol. The molecule has 7 heteroatoms. The molecular formula is C12H13Br2N2O3-. The van der Waals surface area contributed by atoms with Crippen LogP contribution in [-0.4, -0.2) is 17.8 Å². The van der Waals surface area contributed by atoms with E-state index < -0.39 is 23.3 Å². The van der Waals surface area contributed by atoms with Crippen molar-refractivity contribution in [3.8, 4) is 0 Å². The van der Waals surface area contributed by atoms with Gasteiger partial charge in [-0.2, -0.15) is 5.32 Å². The quantitative estimate of drug-likeness (QED) is 0.491. The summed E-state index contributed by atoms with van der Waals surface area (Å²) < 4.78 is 0. The summed E-state index contributed by atoms with van der Waals surface area (Å²) in [7, 11) is 0. The van der Waals surface area contributed by atoms with Crippen LogP contribution in [0.4, 0.5) is 4.79 Å². The van der Waals surface area contributed by atoms with Crippen LogP contribution >= 0.6 is 0 Å². The van der Waals surface area contributed by atoms with Gasteiger partial charge in [-0.25, -0.2) is 14.9 Å². The largest absolute Gasteiger partial charge is 1.00 e. The van der Waals surface area contributed by atoms with Crippen molar-refractivity contribution in [1.29, 1.82) is 0 Å². The van der Waals surface area contributed by atoms with Gasteiger partial charge in [-0.15, -0.1) is 0 Å². The number of primary amides is 2. The predicted molar refractivity (Wildman–Crippen MR) is 58.9 cm³/mol. The van der Waals surface area contributed by atoms with Gasteiger partial charge < -0.3 is 34.0 Å². The number of nitrogens with one attached hydrogen (secondary N) is 1. The van der Waals surface area contributed by atoms with Crippen LogP contribution in [0.1, 0.15) is 18.9 Å². The van der Waals surface area contributed by atoms with Gasteiger partial charge in [0.15, 0.2) is 5.41 Å². The van der Waals surface area contributed by atoms with Crippen molar-refractivity contribution in [2.45, 2.75) is 18.8 Å². The summed E-state index contributed by atoms with van der Waals surface area (Å²) in [5.41, 5.74) is -0.636. The maximum absolute atomic E-state index is 12.0. The minimum Gasteiger partial charge on any atom is -1.00 e. The zero-order chi connectivity index (χ0) is 12.5. The molecule has 0 saturated carbocycles. The number of benzene rings is 1. The zero-order valence-electron chi connectivity index (χ0n) is 10.2. The normalized spacial score (nSPS) is 22.1. The summed E-state index contributed by atoms with van der Waals surface area (Å²) in [6.45, 7) is 1.76. The molecule has 2 rings (SSSR count). The SMILES string of the molecule is CCC1(c2ccccc2)C(=O)NC(=O)[NH2+]C1=O.[Br-].[Br-]. The second-order valence-electron chi connectivity index (χ2n) is 3.95. The average Bonchev–Trinajstić information content (AvgIpc) is 2.30. The van der Waals surface area contributed by atoms with E-state index in [1.807, 2.05) is 6.07 Å². The Bertz CT molecular complexity index is 471. The van der Waals surface area contributed by atoms with Crippen molar-refractivity contribution in [1.82, 2.24) is 5.32 Å². The van der Waals surface area contributed by atoms with Gasteiger partial charge in [-0.1, -0.05) is 37.3 Å². The number of nitrogens with two attached hydrogens (primary N) is 1. The third kappa shape index (κ3) is 2.93. The summed E-state index contributed by atoms with van der Waals surface area (Å²) in [4.78, 5) is 35.1. The molecule has 19 heavy (non-hydrogen) atoms. The molecule has 0 aliphatic carbocycles. The van der Waals surface area contributed by atoms with Gasteiger partial charge >= 0.3 is 11.9 Å². The van der Waals surface area contributed by atoms with Crippen molar-refractivity contribution in [3.63, 3.8) is 0 Å². The number of imide groups is 2. The van der Waals surface area contributed by atoms with Crippen molar-refractivity contribution in [3.05, 3.63) is 35.9 Å². The highest BCUT2D eigenvalue weighted by atomic mass is 79.9. The highest BCUT2D eigenvalue weighted by Gasteiger charge is 2.54. The molecule has 0 bridgehead atoms. The Kier molecular flexibility index (Phi) is 6.54. The van der Waals surface area contributed by atoms with Crippen LogP contribution in [0.5, 0.6) is 0 Å². The highest BCUT2D eigenvalue weighted by molar-refractivity contribution is 6.15. The predicted octanol–water partition coefficient (Wildman–Crippen LogP) is -6.32. The molecular weight excluding hydrogens is 380 g/mol. The van der Waals surface area contributed by atoms with Crippen LogP contribution in [0.3, 0.4) is 0 Å². The molecule has 0 spiro atoms. The lowest BCUT2D eigenvalue weighted by Gasteiger charge is -2.29. The lowest BCUT2D eigenvalue weighted by molar-refractivity contribution is -0.478. The summed E-state index contributed by atoms with van der Waals surface area (Å²) in [5, 5.41) is 3.15. The number of quaternary nitrogens is 1. The van der Waals surface area contributed by atoms with E-state index in [-0.39, 0.29) is 34.0 Å². The molecule has 1 atom stereocenters. The Hall–Kier alpha value is -1.05. The van der Waals surface area contributed by atoms with E-state index in [1.54, 1.807) is 31.2 Å². The van der Waals surface area contributed by atoms with E-state index in [0.717, 1.165) is 5.32 Å². The molecule has 3 N–H and O–H groups in total. The fraction of sp³-hybridized carbons (Fsp3) is 0.250. The van der Waals surface area contributed by atoms with Gasteiger partial charge in [0, 0.05) is 0 Å². The van der Waals surface area contributed by atoms with Crippen LogP contribution in [0.15, 0.2) is 30.3 Å². The minimum absolute atomic E-state index is 0. The maximum atomic E-state index is 12.0. The van der Waals surface area contributed by atoms with Gasteiger partial charge in [0.25, 0.3) is 5.91 Å². The number of amides is 4. The molecule has 5 nitrogen and oxygen atoms in total. The molecule has 1 aliphatic rings. The molecule has 0 radical (unpaired) electrons. The number of halogens is 2. The van der Waals surface area contributed by atoms with Crippen molar-refractivity contribution < 1.29 is 53.7 Å². The van der Waals surface area contributed by atoms with E-state index in [9.17, 15) is 14.4 Å². The number of carbonyl (C=O) groups excluding carboxylic acids is 3. The molecule has 1 aromatic rings. The molecule has 1 aliphatic heterocycles. The monoisotopic (exact) mass is 391 g/mol. The molecule has 1 unspecified atom stereocenters. The van der Waals surface area contributed by atoms with E-state index in [1.165, 1.54) is 0 Å². The van der Waals surface area contributed by atoms with Gasteiger partial charge in [0.1, 0.15) is 0 Å². The fourth-order valence-corrected chi connectivity index (χ4v) is 2.14. The maximum Gasteiger partial charge on any atom is 0.427 e. The number of hydrogen-bond acceptors (Lipinski definition) is 3. The first-order chi connectivity index (χ1) is 8.11. The Morgan fingerprint density at radius 3 is 2.16 bits per heavy atom. The van der Waals surface area contributed by atoms with Crippen LogP contribution in [0.2, 0.25) is 0 Å². The minimum atomic E-state index is -1.25. The van der Waals surface area contributed by atoms with Gasteiger partial charge in [-0.05, 0) is 12.0 Å². The molecule has 104 valence electrons. The Labute approximate surface area is 131 Å². The second-order valence-corrected chi connectivity index (χ2v) is 3.95. The van der Waals surface area contributed by atoms with Gasteiger partial charge in [-0.3, -0.25) is 4.79 Å². The first kappa shape index (κ1) is 17.9. The van der Waals surface area contributed by atoms with Gasteiger partial charge in [0.05, 0.1) is 0 Å². The molecule has 1 aromatic carbocycles. The van der Waals surface area contributed by atoms with E-state index in [0.29, 0.717) is 12.0 Å². The number of carbonyl (C=O) groups is 3. The summed E-state index contributed by atoms with van der Waals surface area (Å²) >= 11 is 0. The molecule has 0 aromatic heterocycles. The molecule has 4 amide bonds. The standard InChI is InChI=1S/C12H12N2O3.2BrH/c1-2-12(8-6-4-3-5-7-8)9(15)13-11(17)14-10(12)16;;/h3-7H,2H2,1H3,(H2,13,14,15,16,17);2*1H/p-1. The van der Waals surface area contributed by atoms with Crippen molar-refractivity contribution in [2.75, 3.05) is 0 Å². The Balaban J connectivity index is 0.00000162. The van der Waals surface area contributed by atoms with E-state index in [2.05, 4.69) is 5.32 Å². The smallest absolute Gasteiger partial charge is 0.427 e. The topological polar surface area (TPSA) is 79.8 Å². The summed E-state index contributed by atoms with van der Waals surface area (Å²) in [6, 6.07) is 8.16. The third-order valence-corrected chi connectivity index (χ3v) is 3.10. The lowest BCUT2D eigenvalue weighted by atomic mass is 9.75. The summed E-state index contributed by atoms with van der Waals surface area (Å²) in [6.07, 6.45) is 0.325. The van der Waals surface area contributed by atoms with Crippen LogP contribution in [0, 0.1) is 0 Å². The van der Waals surface area contributed by atoms with Crippen molar-refractivity contribution in [2.24, 2.45) is 0 Å². The zero-order valence-corrected chi connectivity index (χ0v) is 13.3. The molecule has 1 saturated heterocycles. The number of barbiturate groups is 1. The van der Waals surface area contributed by atoms with Crippen LogP contribution in [-0.2, 0) is 15.0 Å². The number of rotatable bonds is 2. The first-order valence-corrected chi connectivity index (χ1v) is 5.41.